The summed E-state index contributed by atoms with van der Waals surface area (Å²) < 4.78 is 5.78. The number of carbonyl (C=O) groups is 2. The Morgan fingerprint density at radius 2 is 1.81 bits per heavy atom. The van der Waals surface area contributed by atoms with Crippen molar-refractivity contribution in [1.82, 2.24) is 4.90 Å². The minimum atomic E-state index is -0.893. The van der Waals surface area contributed by atoms with Gasteiger partial charge in [-0.15, -0.1) is 0 Å². The number of carbonyl (C=O) groups excluding carboxylic acids is 1. The van der Waals surface area contributed by atoms with Gasteiger partial charge < -0.3 is 14.7 Å². The Morgan fingerprint density at radius 1 is 1.08 bits per heavy atom. The number of nitrogens with zero attached hydrogens (tertiary/aromatic N) is 1. The van der Waals surface area contributed by atoms with Gasteiger partial charge >= 0.3 is 5.97 Å². The van der Waals surface area contributed by atoms with Crippen molar-refractivity contribution < 1.29 is 19.4 Å². The molecular weight excluding hydrogens is 354 g/mol. The van der Waals surface area contributed by atoms with Gasteiger partial charge in [0.2, 0.25) is 0 Å². The van der Waals surface area contributed by atoms with Crippen molar-refractivity contribution in [3.63, 3.8) is 0 Å². The smallest absolute Gasteiger partial charge is 0.308 e. The fourth-order valence-electron chi connectivity index (χ4n) is 3.81. The normalized spacial score (nSPS) is 24.2. The average molecular weight is 372 g/mol. The van der Waals surface area contributed by atoms with Crippen molar-refractivity contribution in [2.75, 3.05) is 13.1 Å². The predicted octanol–water partition coefficient (Wildman–Crippen LogP) is 2.97. The summed E-state index contributed by atoms with van der Waals surface area (Å²) in [6.45, 7) is 0.561. The second-order valence-corrected chi connectivity index (χ2v) is 7.20. The largest absolute Gasteiger partial charge is 0.481 e. The van der Waals surface area contributed by atoms with Crippen molar-refractivity contribution in [3.8, 4) is 5.75 Å². The fourth-order valence-corrected chi connectivity index (χ4v) is 3.93. The van der Waals surface area contributed by atoms with E-state index in [9.17, 15) is 14.7 Å². The van der Waals surface area contributed by atoms with E-state index in [4.69, 9.17) is 16.3 Å². The molecule has 0 spiro atoms. The van der Waals surface area contributed by atoms with E-state index in [-0.39, 0.29) is 18.4 Å². The molecule has 1 saturated heterocycles. The number of carboxylic acids is 1. The highest BCUT2D eigenvalue weighted by Gasteiger charge is 2.43. The van der Waals surface area contributed by atoms with Gasteiger partial charge in [-0.1, -0.05) is 41.9 Å². The maximum absolute atomic E-state index is 12.9. The van der Waals surface area contributed by atoms with Gasteiger partial charge in [0.15, 0.2) is 6.10 Å². The summed E-state index contributed by atoms with van der Waals surface area (Å²) in [4.78, 5) is 26.2. The zero-order valence-electron chi connectivity index (χ0n) is 14.0. The lowest BCUT2D eigenvalue weighted by Gasteiger charge is -2.20. The van der Waals surface area contributed by atoms with Crippen LogP contribution in [-0.4, -0.2) is 41.1 Å². The molecule has 0 saturated carbocycles. The Kier molecular flexibility index (Phi) is 4.32. The predicted molar refractivity (Wildman–Crippen MR) is 96.5 cm³/mol. The summed E-state index contributed by atoms with van der Waals surface area (Å²) in [5.74, 6) is -1.20. The number of halogens is 1. The lowest BCUT2D eigenvalue weighted by atomic mass is 9.89. The number of amides is 1. The lowest BCUT2D eigenvalue weighted by molar-refractivity contribution is -0.142. The molecule has 1 unspecified atom stereocenters. The van der Waals surface area contributed by atoms with Gasteiger partial charge in [-0.05, 0) is 29.3 Å². The molecule has 26 heavy (non-hydrogen) atoms. The summed E-state index contributed by atoms with van der Waals surface area (Å²) in [6, 6.07) is 14.7. The number of aliphatic carboxylic acids is 1. The Bertz CT molecular complexity index is 826. The minimum absolute atomic E-state index is 0.149. The Hall–Kier alpha value is -2.53. The van der Waals surface area contributed by atoms with Crippen LogP contribution in [0.2, 0.25) is 5.02 Å². The van der Waals surface area contributed by atoms with E-state index in [2.05, 4.69) is 0 Å². The van der Waals surface area contributed by atoms with E-state index >= 15 is 0 Å². The number of hydrogen-bond acceptors (Lipinski definition) is 3. The molecule has 134 valence electrons. The van der Waals surface area contributed by atoms with Crippen LogP contribution in [0, 0.1) is 5.92 Å². The SMILES string of the molecule is O=C(O)[C@@H]1CN(C(=O)C2Cc3ccccc3O2)C[C@H]1c1ccc(Cl)cc1. The first-order chi connectivity index (χ1) is 12.5. The molecule has 3 atom stereocenters. The van der Waals surface area contributed by atoms with Crippen molar-refractivity contribution in [2.24, 2.45) is 5.92 Å². The van der Waals surface area contributed by atoms with Gasteiger partial charge in [-0.3, -0.25) is 9.59 Å². The zero-order valence-corrected chi connectivity index (χ0v) is 14.7. The summed E-state index contributed by atoms with van der Waals surface area (Å²) in [5, 5.41) is 10.2. The number of hydrogen-bond donors (Lipinski definition) is 1. The molecule has 0 radical (unpaired) electrons. The Labute approximate surface area is 156 Å². The highest BCUT2D eigenvalue weighted by molar-refractivity contribution is 6.30. The lowest BCUT2D eigenvalue weighted by Crippen LogP contribution is -2.40. The van der Waals surface area contributed by atoms with Gasteiger partial charge in [0, 0.05) is 30.5 Å². The second-order valence-electron chi connectivity index (χ2n) is 6.76. The first-order valence-electron chi connectivity index (χ1n) is 8.54. The molecule has 2 aromatic carbocycles. The summed E-state index contributed by atoms with van der Waals surface area (Å²) in [7, 11) is 0. The van der Waals surface area contributed by atoms with Crippen LogP contribution in [-0.2, 0) is 16.0 Å². The molecule has 0 bridgehead atoms. The van der Waals surface area contributed by atoms with Crippen LogP contribution in [0.4, 0.5) is 0 Å². The summed E-state index contributed by atoms with van der Waals surface area (Å²) in [5.41, 5.74) is 1.89. The molecule has 2 aromatic rings. The van der Waals surface area contributed by atoms with Crippen molar-refractivity contribution in [1.29, 1.82) is 0 Å². The molecule has 0 aliphatic carbocycles. The van der Waals surface area contributed by atoms with Gasteiger partial charge in [0.05, 0.1) is 5.92 Å². The number of ether oxygens (including phenoxy) is 1. The van der Waals surface area contributed by atoms with Crippen LogP contribution in [0.25, 0.3) is 0 Å². The minimum Gasteiger partial charge on any atom is -0.481 e. The third-order valence-electron chi connectivity index (χ3n) is 5.17. The molecule has 5 nitrogen and oxygen atoms in total. The quantitative estimate of drug-likeness (QED) is 0.900. The van der Waals surface area contributed by atoms with Gasteiger partial charge in [0.25, 0.3) is 5.91 Å². The molecule has 1 fully saturated rings. The second kappa shape index (κ2) is 6.65. The van der Waals surface area contributed by atoms with Crippen LogP contribution in [0.5, 0.6) is 5.75 Å². The molecule has 6 heteroatoms. The number of para-hydroxylation sites is 1. The molecule has 4 rings (SSSR count). The Balaban J connectivity index is 1.52. The molecule has 2 aliphatic heterocycles. The number of rotatable bonds is 3. The van der Waals surface area contributed by atoms with Gasteiger partial charge in [-0.2, -0.15) is 0 Å². The van der Waals surface area contributed by atoms with E-state index in [1.165, 1.54) is 0 Å². The molecule has 2 aliphatic rings. The zero-order chi connectivity index (χ0) is 18.3. The van der Waals surface area contributed by atoms with Crippen LogP contribution in [0.1, 0.15) is 17.0 Å². The van der Waals surface area contributed by atoms with Gasteiger partial charge in [0.1, 0.15) is 5.75 Å². The first kappa shape index (κ1) is 16.9. The number of benzene rings is 2. The van der Waals surface area contributed by atoms with Crippen molar-refractivity contribution in [3.05, 3.63) is 64.7 Å². The van der Waals surface area contributed by atoms with Crippen LogP contribution in [0.15, 0.2) is 48.5 Å². The molecule has 1 amide bonds. The molecule has 2 heterocycles. The third-order valence-corrected chi connectivity index (χ3v) is 5.42. The Morgan fingerprint density at radius 3 is 2.50 bits per heavy atom. The van der Waals surface area contributed by atoms with E-state index < -0.39 is 18.0 Å². The van der Waals surface area contributed by atoms with E-state index in [1.807, 2.05) is 36.4 Å². The van der Waals surface area contributed by atoms with Crippen LogP contribution < -0.4 is 4.74 Å². The standard InChI is InChI=1S/C20H18ClNO4/c21-14-7-5-12(6-8-14)15-10-22(11-16(15)20(24)25)19(23)18-9-13-3-1-2-4-17(13)26-18/h1-8,15-16,18H,9-11H2,(H,24,25)/t15-,16+,18?/m0/s1. The molecule has 0 aromatic heterocycles. The maximum Gasteiger partial charge on any atom is 0.308 e. The summed E-state index contributed by atoms with van der Waals surface area (Å²) in [6.07, 6.45) is -0.0553. The topological polar surface area (TPSA) is 66.8 Å². The highest BCUT2D eigenvalue weighted by atomic mass is 35.5. The number of likely N-dealkylation sites (tertiary alicyclic amines) is 1. The number of fused-ring (bicyclic) bond motifs is 1. The summed E-state index contributed by atoms with van der Waals surface area (Å²) >= 11 is 5.93. The molecular formula is C20H18ClNO4. The van der Waals surface area contributed by atoms with E-state index in [0.29, 0.717) is 18.0 Å². The molecule has 1 N–H and O–H groups in total. The maximum atomic E-state index is 12.9. The number of carboxylic acid groups (broad SMARTS) is 1. The van der Waals surface area contributed by atoms with Crippen molar-refractivity contribution in [2.45, 2.75) is 18.4 Å². The van der Waals surface area contributed by atoms with Crippen molar-refractivity contribution >= 4 is 23.5 Å². The monoisotopic (exact) mass is 371 g/mol. The van der Waals surface area contributed by atoms with Crippen LogP contribution >= 0.6 is 11.6 Å². The van der Waals surface area contributed by atoms with E-state index in [1.54, 1.807) is 17.0 Å². The van der Waals surface area contributed by atoms with E-state index in [0.717, 1.165) is 16.9 Å². The highest BCUT2D eigenvalue weighted by Crippen LogP contribution is 2.35. The van der Waals surface area contributed by atoms with Gasteiger partial charge in [-0.25, -0.2) is 0 Å². The first-order valence-corrected chi connectivity index (χ1v) is 8.92. The third kappa shape index (κ3) is 3.03. The average Bonchev–Trinajstić information content (AvgIpc) is 3.26. The van der Waals surface area contributed by atoms with Crippen LogP contribution in [0.3, 0.4) is 0 Å². The fraction of sp³-hybridized carbons (Fsp3) is 0.300.